The quantitative estimate of drug-likeness (QED) is 0.865. The van der Waals surface area contributed by atoms with Gasteiger partial charge >= 0.3 is 0 Å². The zero-order valence-electron chi connectivity index (χ0n) is 13.6. The highest BCUT2D eigenvalue weighted by atomic mass is 19.1. The van der Waals surface area contributed by atoms with E-state index in [1.54, 1.807) is 25.3 Å². The number of likely N-dealkylation sites (tertiary alicyclic amines) is 1. The maximum Gasteiger partial charge on any atom is 0.240 e. The van der Waals surface area contributed by atoms with Gasteiger partial charge in [0.05, 0.1) is 12.1 Å². The Kier molecular flexibility index (Phi) is 4.69. The third-order valence-electron chi connectivity index (χ3n) is 4.31. The minimum absolute atomic E-state index is 0.0287. The van der Waals surface area contributed by atoms with Crippen LogP contribution < -0.4 is 0 Å². The first-order valence-corrected chi connectivity index (χ1v) is 7.94. The van der Waals surface area contributed by atoms with Crippen molar-refractivity contribution in [3.05, 3.63) is 41.6 Å². The summed E-state index contributed by atoms with van der Waals surface area (Å²) in [7, 11) is 0. The van der Waals surface area contributed by atoms with E-state index in [-0.39, 0.29) is 17.9 Å². The molecule has 2 aromatic heterocycles. The smallest absolute Gasteiger partial charge is 0.240 e. The van der Waals surface area contributed by atoms with Crippen molar-refractivity contribution in [1.29, 1.82) is 0 Å². The Labute approximate surface area is 139 Å². The van der Waals surface area contributed by atoms with Crippen LogP contribution in [-0.4, -0.2) is 38.6 Å². The van der Waals surface area contributed by atoms with E-state index in [2.05, 4.69) is 15.2 Å². The summed E-state index contributed by atoms with van der Waals surface area (Å²) >= 11 is 0. The second-order valence-corrected chi connectivity index (χ2v) is 5.95. The van der Waals surface area contributed by atoms with Crippen molar-refractivity contribution in [3.8, 4) is 0 Å². The van der Waals surface area contributed by atoms with Crippen LogP contribution in [0.25, 0.3) is 12.2 Å². The predicted molar refractivity (Wildman–Crippen MR) is 86.2 cm³/mol. The number of piperidine rings is 1. The van der Waals surface area contributed by atoms with E-state index >= 15 is 0 Å². The van der Waals surface area contributed by atoms with Crippen LogP contribution in [-0.2, 0) is 4.79 Å². The number of hydrogen-bond donors (Lipinski definition) is 0. The van der Waals surface area contributed by atoms with Gasteiger partial charge in [0.1, 0.15) is 5.82 Å². The molecular weight excluding hydrogens is 311 g/mol. The van der Waals surface area contributed by atoms with Gasteiger partial charge in [-0.15, -0.1) is 10.2 Å². The molecule has 2 atom stereocenters. The van der Waals surface area contributed by atoms with Crippen LogP contribution in [0.1, 0.15) is 50.0 Å². The second-order valence-electron chi connectivity index (χ2n) is 5.95. The number of hydrogen-bond acceptors (Lipinski definition) is 5. The maximum atomic E-state index is 13.1. The maximum absolute atomic E-state index is 13.1. The van der Waals surface area contributed by atoms with Gasteiger partial charge in [-0.25, -0.2) is 4.39 Å². The van der Waals surface area contributed by atoms with E-state index < -0.39 is 5.82 Å². The van der Waals surface area contributed by atoms with Gasteiger partial charge in [0.15, 0.2) is 0 Å². The summed E-state index contributed by atoms with van der Waals surface area (Å²) in [5.74, 6) is 0.578. The van der Waals surface area contributed by atoms with Gasteiger partial charge in [-0.3, -0.25) is 9.78 Å². The molecule has 3 heterocycles. The molecule has 0 aromatic carbocycles. The highest BCUT2D eigenvalue weighted by Gasteiger charge is 2.33. The van der Waals surface area contributed by atoms with Crippen LogP contribution in [0.2, 0.25) is 0 Å². The Balaban J connectivity index is 1.74. The van der Waals surface area contributed by atoms with Crippen molar-refractivity contribution >= 4 is 18.1 Å². The number of amides is 1. The molecule has 126 valence electrons. The summed E-state index contributed by atoms with van der Waals surface area (Å²) in [5, 5.41) is 8.13. The van der Waals surface area contributed by atoms with Crippen LogP contribution in [0.4, 0.5) is 4.39 Å². The standard InChI is InChI=1S/C17H19FN4O2/c1-11-15(4-3-7-22(11)12(2)23)17-21-20-16(24-17)6-5-13-8-14(18)10-19-9-13/h5-6,8-11,15H,3-4,7H2,1-2H3/b6-5+/t11-,15-/m0/s1. The number of carbonyl (C=O) groups excluding carboxylic acids is 1. The number of rotatable bonds is 3. The molecule has 0 aliphatic carbocycles. The van der Waals surface area contributed by atoms with Gasteiger partial charge in [0.25, 0.3) is 0 Å². The Bertz CT molecular complexity index is 759. The topological polar surface area (TPSA) is 72.1 Å². The zero-order valence-corrected chi connectivity index (χ0v) is 13.6. The molecule has 0 spiro atoms. The number of carbonyl (C=O) groups is 1. The summed E-state index contributed by atoms with van der Waals surface area (Å²) in [6.07, 6.45) is 7.81. The molecule has 1 fully saturated rings. The van der Waals surface area contributed by atoms with Gasteiger partial charge in [-0.1, -0.05) is 0 Å². The fourth-order valence-electron chi connectivity index (χ4n) is 3.07. The van der Waals surface area contributed by atoms with Crippen molar-refractivity contribution in [2.24, 2.45) is 0 Å². The van der Waals surface area contributed by atoms with Crippen LogP contribution in [0.3, 0.4) is 0 Å². The number of halogens is 1. The highest BCUT2D eigenvalue weighted by Crippen LogP contribution is 2.31. The lowest BCUT2D eigenvalue weighted by Crippen LogP contribution is -2.44. The summed E-state index contributed by atoms with van der Waals surface area (Å²) in [6, 6.07) is 1.40. The molecule has 1 amide bonds. The molecule has 6 nitrogen and oxygen atoms in total. The summed E-state index contributed by atoms with van der Waals surface area (Å²) in [5.41, 5.74) is 0.614. The SMILES string of the molecule is CC(=O)N1CCC[C@H](c2nnc(/C=C/c3cncc(F)c3)o2)[C@@H]1C. The van der Waals surface area contributed by atoms with E-state index in [9.17, 15) is 9.18 Å². The molecule has 0 saturated carbocycles. The molecule has 0 radical (unpaired) electrons. The molecular formula is C17H19FN4O2. The number of pyridine rings is 1. The van der Waals surface area contributed by atoms with Crippen LogP contribution in [0.5, 0.6) is 0 Å². The molecule has 3 rings (SSSR count). The Morgan fingerprint density at radius 3 is 2.96 bits per heavy atom. The van der Waals surface area contributed by atoms with Crippen molar-refractivity contribution < 1.29 is 13.6 Å². The van der Waals surface area contributed by atoms with Crippen LogP contribution >= 0.6 is 0 Å². The van der Waals surface area contributed by atoms with Crippen LogP contribution in [0, 0.1) is 5.82 Å². The lowest BCUT2D eigenvalue weighted by molar-refractivity contribution is -0.132. The van der Waals surface area contributed by atoms with E-state index in [4.69, 9.17) is 4.42 Å². The molecule has 0 N–H and O–H groups in total. The van der Waals surface area contributed by atoms with E-state index in [0.29, 0.717) is 17.3 Å². The summed E-state index contributed by atoms with van der Waals surface area (Å²) in [6.45, 7) is 4.34. The molecule has 7 heteroatoms. The lowest BCUT2D eigenvalue weighted by Gasteiger charge is -2.37. The minimum Gasteiger partial charge on any atom is -0.421 e. The van der Waals surface area contributed by atoms with Crippen molar-refractivity contribution in [1.82, 2.24) is 20.1 Å². The fraction of sp³-hybridized carbons (Fsp3) is 0.412. The molecule has 1 aliphatic heterocycles. The normalized spacial score (nSPS) is 21.4. The Hall–Kier alpha value is -2.57. The molecule has 2 aromatic rings. The highest BCUT2D eigenvalue weighted by molar-refractivity contribution is 5.73. The first-order chi connectivity index (χ1) is 11.5. The molecule has 1 saturated heterocycles. The van der Waals surface area contributed by atoms with Crippen molar-refractivity contribution in [3.63, 3.8) is 0 Å². The average Bonchev–Trinajstić information content (AvgIpc) is 3.01. The molecule has 1 aliphatic rings. The number of aromatic nitrogens is 3. The third kappa shape index (κ3) is 3.50. The van der Waals surface area contributed by atoms with E-state index in [0.717, 1.165) is 25.6 Å². The first-order valence-electron chi connectivity index (χ1n) is 7.94. The largest absolute Gasteiger partial charge is 0.421 e. The Morgan fingerprint density at radius 1 is 1.38 bits per heavy atom. The van der Waals surface area contributed by atoms with Crippen LogP contribution in [0.15, 0.2) is 22.9 Å². The number of nitrogens with zero attached hydrogens (tertiary/aromatic N) is 4. The van der Waals surface area contributed by atoms with Gasteiger partial charge in [-0.2, -0.15) is 0 Å². The van der Waals surface area contributed by atoms with Crippen molar-refractivity contribution in [2.75, 3.05) is 6.54 Å². The van der Waals surface area contributed by atoms with E-state index in [1.807, 2.05) is 11.8 Å². The third-order valence-corrected chi connectivity index (χ3v) is 4.31. The monoisotopic (exact) mass is 330 g/mol. The summed E-state index contributed by atoms with van der Waals surface area (Å²) < 4.78 is 18.8. The molecule has 0 bridgehead atoms. The van der Waals surface area contributed by atoms with Gasteiger partial charge in [0.2, 0.25) is 17.7 Å². The summed E-state index contributed by atoms with van der Waals surface area (Å²) in [4.78, 5) is 17.3. The first kappa shape index (κ1) is 16.3. The van der Waals surface area contributed by atoms with E-state index in [1.165, 1.54) is 6.07 Å². The van der Waals surface area contributed by atoms with Crippen molar-refractivity contribution in [2.45, 2.75) is 38.6 Å². The second kappa shape index (κ2) is 6.90. The fourth-order valence-corrected chi connectivity index (χ4v) is 3.07. The zero-order chi connectivity index (χ0) is 17.1. The Morgan fingerprint density at radius 2 is 2.21 bits per heavy atom. The molecule has 0 unspecified atom stereocenters. The van der Waals surface area contributed by atoms with Gasteiger partial charge in [0, 0.05) is 31.8 Å². The average molecular weight is 330 g/mol. The van der Waals surface area contributed by atoms with Gasteiger partial charge in [-0.05, 0) is 37.5 Å². The minimum atomic E-state index is -0.399. The lowest BCUT2D eigenvalue weighted by atomic mass is 9.90. The predicted octanol–water partition coefficient (Wildman–Crippen LogP) is 2.89. The van der Waals surface area contributed by atoms with Gasteiger partial charge < -0.3 is 9.32 Å². The molecule has 24 heavy (non-hydrogen) atoms.